The zero-order chi connectivity index (χ0) is 26.7. The van der Waals surface area contributed by atoms with E-state index in [1.807, 2.05) is 4.90 Å². The largest absolute Gasteiger partial charge is 0.416 e. The first-order valence-corrected chi connectivity index (χ1v) is 12.0. The molecule has 4 rings (SSSR count). The Morgan fingerprint density at radius 2 is 1.70 bits per heavy atom. The Morgan fingerprint density at radius 1 is 1.08 bits per heavy atom. The van der Waals surface area contributed by atoms with E-state index in [0.717, 1.165) is 12.1 Å². The lowest BCUT2D eigenvalue weighted by molar-refractivity contribution is -0.137. The maximum Gasteiger partial charge on any atom is 0.416 e. The number of amides is 2. The van der Waals surface area contributed by atoms with Crippen molar-refractivity contribution in [1.29, 1.82) is 0 Å². The number of hydrogen-bond donors (Lipinski definition) is 3. The first-order valence-electron chi connectivity index (χ1n) is 11.6. The highest BCUT2D eigenvalue weighted by atomic mass is 35.5. The third-order valence-electron chi connectivity index (χ3n) is 5.83. The van der Waals surface area contributed by atoms with E-state index in [-0.39, 0.29) is 29.3 Å². The highest BCUT2D eigenvalue weighted by Gasteiger charge is 2.30. The molecule has 0 spiro atoms. The van der Waals surface area contributed by atoms with E-state index in [1.54, 1.807) is 30.5 Å². The second kappa shape index (κ2) is 10.8. The van der Waals surface area contributed by atoms with Crippen molar-refractivity contribution < 1.29 is 18.0 Å². The van der Waals surface area contributed by atoms with Crippen LogP contribution < -0.4 is 26.4 Å². The topological polar surface area (TPSA) is 91.3 Å². The summed E-state index contributed by atoms with van der Waals surface area (Å²) in [6.07, 6.45) is -2.93. The van der Waals surface area contributed by atoms with Gasteiger partial charge in [0.1, 0.15) is 5.02 Å². The van der Waals surface area contributed by atoms with Crippen LogP contribution in [0.5, 0.6) is 0 Å². The van der Waals surface area contributed by atoms with Gasteiger partial charge in [-0.3, -0.25) is 4.79 Å². The van der Waals surface area contributed by atoms with Crippen LogP contribution in [0.25, 0.3) is 0 Å². The van der Waals surface area contributed by atoms with E-state index in [0.29, 0.717) is 30.0 Å². The molecule has 1 fully saturated rings. The fourth-order valence-corrected chi connectivity index (χ4v) is 4.57. The molecule has 2 amide bonds. The van der Waals surface area contributed by atoms with Gasteiger partial charge >= 0.3 is 12.2 Å². The first kappa shape index (κ1) is 26.5. The van der Waals surface area contributed by atoms with Crippen LogP contribution in [-0.2, 0) is 12.7 Å². The molecule has 3 aromatic rings. The Bertz CT molecular complexity index is 1340. The number of nitrogens with one attached hydrogen (secondary N) is 3. The monoisotopic (exact) mass is 534 g/mol. The number of carbonyl (C=O) groups excluding carboxylic acids is 1. The summed E-state index contributed by atoms with van der Waals surface area (Å²) in [4.78, 5) is 27.3. The summed E-state index contributed by atoms with van der Waals surface area (Å²) in [5.74, 6) is 0. The van der Waals surface area contributed by atoms with Gasteiger partial charge in [0.05, 0.1) is 24.0 Å². The van der Waals surface area contributed by atoms with Crippen molar-refractivity contribution in [1.82, 2.24) is 15.1 Å². The Labute approximate surface area is 216 Å². The Morgan fingerprint density at radius 3 is 2.35 bits per heavy atom. The standard InChI is InChI=1S/C25H26ClF3N6O2/c1-15-12-34(13-16(2)31-15)21-11-30-35(23(36)22(21)26)14-17-5-3-7-19(9-17)32-24(37)33-20-8-4-6-18(10-20)25(27,28)29/h3-11,15-16,31H,12-14H2,1-2H3,(H2,32,33,37)/t15-,16+. The van der Waals surface area contributed by atoms with Crippen LogP contribution in [0.2, 0.25) is 5.02 Å². The number of carbonyl (C=O) groups is 1. The molecule has 8 nitrogen and oxygen atoms in total. The van der Waals surface area contributed by atoms with E-state index >= 15 is 0 Å². The zero-order valence-electron chi connectivity index (χ0n) is 20.1. The van der Waals surface area contributed by atoms with Gasteiger partial charge < -0.3 is 20.9 Å². The van der Waals surface area contributed by atoms with E-state index in [1.165, 1.54) is 16.8 Å². The minimum atomic E-state index is -4.52. The van der Waals surface area contributed by atoms with Gasteiger partial charge in [0.15, 0.2) is 0 Å². The molecule has 12 heteroatoms. The fraction of sp³-hybridized carbons (Fsp3) is 0.320. The van der Waals surface area contributed by atoms with Crippen LogP contribution >= 0.6 is 11.6 Å². The van der Waals surface area contributed by atoms with Crippen LogP contribution in [0.4, 0.5) is 35.0 Å². The summed E-state index contributed by atoms with van der Waals surface area (Å²) in [7, 11) is 0. The second-order valence-electron chi connectivity index (χ2n) is 9.04. The number of piperazine rings is 1. The zero-order valence-corrected chi connectivity index (χ0v) is 20.9. The Kier molecular flexibility index (Phi) is 7.74. The van der Waals surface area contributed by atoms with Crippen LogP contribution in [0, 0.1) is 0 Å². The van der Waals surface area contributed by atoms with Crippen LogP contribution in [-0.4, -0.2) is 41.0 Å². The van der Waals surface area contributed by atoms with Crippen molar-refractivity contribution in [3.63, 3.8) is 0 Å². The first-order chi connectivity index (χ1) is 17.5. The molecule has 1 saturated heterocycles. The maximum atomic E-state index is 12.9. The van der Waals surface area contributed by atoms with E-state index in [4.69, 9.17) is 11.6 Å². The molecule has 0 unspecified atom stereocenters. The summed E-state index contributed by atoms with van der Waals surface area (Å²) in [6.45, 7) is 5.63. The van der Waals surface area contributed by atoms with Crippen molar-refractivity contribution in [3.8, 4) is 0 Å². The van der Waals surface area contributed by atoms with Crippen molar-refractivity contribution in [3.05, 3.63) is 81.2 Å². The SMILES string of the molecule is C[C@@H]1CN(c2cnn(Cc3cccc(NC(=O)Nc4cccc(C(F)(F)F)c4)c3)c(=O)c2Cl)C[C@H](C)N1. The normalized spacial score (nSPS) is 17.9. The maximum absolute atomic E-state index is 12.9. The molecule has 0 saturated carbocycles. The number of rotatable bonds is 5. The number of hydrogen-bond acceptors (Lipinski definition) is 5. The summed E-state index contributed by atoms with van der Waals surface area (Å²) < 4.78 is 40.0. The predicted octanol–water partition coefficient (Wildman–Crippen LogP) is 4.79. The number of benzene rings is 2. The number of alkyl halides is 3. The van der Waals surface area contributed by atoms with Crippen molar-refractivity contribution >= 4 is 34.7 Å². The lowest BCUT2D eigenvalue weighted by Gasteiger charge is -2.37. The molecule has 2 heterocycles. The van der Waals surface area contributed by atoms with Gasteiger partial charge in [-0.05, 0) is 49.7 Å². The average molecular weight is 535 g/mol. The molecule has 37 heavy (non-hydrogen) atoms. The van der Waals surface area contributed by atoms with Gasteiger partial charge in [-0.2, -0.15) is 18.3 Å². The van der Waals surface area contributed by atoms with Gasteiger partial charge in [0.2, 0.25) is 0 Å². The third kappa shape index (κ3) is 6.60. The lowest BCUT2D eigenvalue weighted by Crippen LogP contribution is -2.54. The van der Waals surface area contributed by atoms with E-state index < -0.39 is 23.3 Å². The Balaban J connectivity index is 1.44. The molecule has 3 N–H and O–H groups in total. The molecule has 196 valence electrons. The van der Waals surface area contributed by atoms with Crippen molar-refractivity contribution in [2.24, 2.45) is 0 Å². The smallest absolute Gasteiger partial charge is 0.366 e. The minimum absolute atomic E-state index is 0.00207. The molecule has 1 aliphatic heterocycles. The predicted molar refractivity (Wildman–Crippen MR) is 137 cm³/mol. The van der Waals surface area contributed by atoms with Crippen LogP contribution in [0.3, 0.4) is 0 Å². The lowest BCUT2D eigenvalue weighted by atomic mass is 10.1. The van der Waals surface area contributed by atoms with Gasteiger partial charge in [-0.25, -0.2) is 9.48 Å². The highest BCUT2D eigenvalue weighted by Crippen LogP contribution is 2.30. The number of halogens is 4. The molecule has 1 aromatic heterocycles. The molecule has 2 aromatic carbocycles. The number of anilines is 3. The van der Waals surface area contributed by atoms with Crippen LogP contribution in [0.1, 0.15) is 25.0 Å². The summed E-state index contributed by atoms with van der Waals surface area (Å²) in [5, 5.41) is 12.8. The minimum Gasteiger partial charge on any atom is -0.366 e. The van der Waals surface area contributed by atoms with Gasteiger partial charge in [-0.15, -0.1) is 0 Å². The van der Waals surface area contributed by atoms with E-state index in [9.17, 15) is 22.8 Å². The fourth-order valence-electron chi connectivity index (χ4n) is 4.30. The highest BCUT2D eigenvalue weighted by molar-refractivity contribution is 6.33. The second-order valence-corrected chi connectivity index (χ2v) is 9.42. The number of urea groups is 1. The average Bonchev–Trinajstić information content (AvgIpc) is 2.81. The van der Waals surface area contributed by atoms with Gasteiger partial charge in [0.25, 0.3) is 5.56 Å². The molecule has 0 bridgehead atoms. The molecule has 1 aliphatic rings. The van der Waals surface area contributed by atoms with Crippen molar-refractivity contribution in [2.75, 3.05) is 28.6 Å². The molecule has 0 aliphatic carbocycles. The summed E-state index contributed by atoms with van der Waals surface area (Å²) in [6, 6.07) is 10.8. The van der Waals surface area contributed by atoms with Crippen LogP contribution in [0.15, 0.2) is 59.5 Å². The van der Waals surface area contributed by atoms with Crippen molar-refractivity contribution in [2.45, 2.75) is 38.7 Å². The number of aromatic nitrogens is 2. The Hall–Kier alpha value is -3.57. The van der Waals surface area contributed by atoms with Gasteiger partial charge in [-0.1, -0.05) is 29.8 Å². The number of nitrogens with zero attached hydrogens (tertiary/aromatic N) is 3. The quantitative estimate of drug-likeness (QED) is 0.438. The molecular weight excluding hydrogens is 509 g/mol. The third-order valence-corrected chi connectivity index (χ3v) is 6.18. The van der Waals surface area contributed by atoms with Gasteiger partial charge in [0, 0.05) is 36.5 Å². The molecular formula is C25H26ClF3N6O2. The summed E-state index contributed by atoms with van der Waals surface area (Å²) >= 11 is 6.44. The molecule has 2 atom stereocenters. The van der Waals surface area contributed by atoms with E-state index in [2.05, 4.69) is 34.9 Å². The summed E-state index contributed by atoms with van der Waals surface area (Å²) in [5.41, 5.74) is 0.350. The molecule has 0 radical (unpaired) electrons.